The maximum Gasteiger partial charge on any atom is 0.190 e. The summed E-state index contributed by atoms with van der Waals surface area (Å²) in [6.45, 7) is 10.9. The van der Waals surface area contributed by atoms with Gasteiger partial charge in [-0.15, -0.1) is 11.3 Å². The van der Waals surface area contributed by atoms with Gasteiger partial charge in [0.2, 0.25) is 0 Å². The minimum atomic E-state index is -0.0905. The van der Waals surface area contributed by atoms with Gasteiger partial charge >= 0.3 is 0 Å². The predicted octanol–water partition coefficient (Wildman–Crippen LogP) is 3.79. The molecular weight excluding hydrogens is 392 g/mol. The van der Waals surface area contributed by atoms with Crippen LogP contribution in [0.5, 0.6) is 0 Å². The Labute approximate surface area is 175 Å². The number of aromatic nitrogens is 2. The topological polar surface area (TPSA) is 59.5 Å². The number of nitrogens with zero attached hydrogens (tertiary/aromatic N) is 3. The number of ether oxygens (including phenoxy) is 2. The Hall–Kier alpha value is -0.930. The fraction of sp³-hybridized carbons (Fsp3) is 0.700. The number of morpholine rings is 1. The molecule has 6 nitrogen and oxygen atoms in total. The number of thiophene rings is 1. The van der Waals surface area contributed by atoms with Gasteiger partial charge in [-0.1, -0.05) is 18.7 Å². The van der Waals surface area contributed by atoms with E-state index in [0.29, 0.717) is 6.61 Å². The van der Waals surface area contributed by atoms with Crippen molar-refractivity contribution in [1.29, 1.82) is 0 Å². The smallest absolute Gasteiger partial charge is 0.190 e. The number of anilines is 1. The van der Waals surface area contributed by atoms with E-state index in [2.05, 4.69) is 24.1 Å². The Morgan fingerprint density at radius 1 is 1.29 bits per heavy atom. The highest BCUT2D eigenvalue weighted by molar-refractivity contribution is 7.98. The number of hydrogen-bond donors (Lipinski definition) is 1. The van der Waals surface area contributed by atoms with Crippen LogP contribution in [0.4, 0.5) is 5.82 Å². The Morgan fingerprint density at radius 3 is 2.86 bits per heavy atom. The van der Waals surface area contributed by atoms with E-state index in [9.17, 15) is 0 Å². The number of nitrogens with one attached hydrogen (secondary N) is 1. The van der Waals surface area contributed by atoms with Gasteiger partial charge in [-0.05, 0) is 38.1 Å². The molecule has 28 heavy (non-hydrogen) atoms. The summed E-state index contributed by atoms with van der Waals surface area (Å²) in [5.74, 6) is 0.995. The monoisotopic (exact) mass is 422 g/mol. The van der Waals surface area contributed by atoms with E-state index in [4.69, 9.17) is 19.4 Å². The molecule has 0 bridgehead atoms. The average molecular weight is 423 g/mol. The number of rotatable bonds is 7. The molecule has 2 aliphatic heterocycles. The van der Waals surface area contributed by atoms with Crippen LogP contribution in [0.15, 0.2) is 5.16 Å². The highest BCUT2D eigenvalue weighted by Crippen LogP contribution is 2.42. The molecule has 154 valence electrons. The van der Waals surface area contributed by atoms with Crippen LogP contribution in [0.3, 0.4) is 0 Å². The van der Waals surface area contributed by atoms with Crippen LogP contribution in [-0.2, 0) is 22.5 Å². The third-order valence-corrected chi connectivity index (χ3v) is 7.44. The maximum absolute atomic E-state index is 6.15. The van der Waals surface area contributed by atoms with Crippen LogP contribution in [0.2, 0.25) is 0 Å². The van der Waals surface area contributed by atoms with Gasteiger partial charge in [0.15, 0.2) is 5.16 Å². The van der Waals surface area contributed by atoms with Crippen molar-refractivity contribution in [2.75, 3.05) is 51.0 Å². The van der Waals surface area contributed by atoms with Crippen molar-refractivity contribution >= 4 is 39.1 Å². The fourth-order valence-corrected chi connectivity index (χ4v) is 5.36. The van der Waals surface area contributed by atoms with Crippen LogP contribution in [0.1, 0.15) is 37.1 Å². The molecule has 1 unspecified atom stereocenters. The van der Waals surface area contributed by atoms with Crippen molar-refractivity contribution in [3.63, 3.8) is 0 Å². The summed E-state index contributed by atoms with van der Waals surface area (Å²) >= 11 is 3.37. The van der Waals surface area contributed by atoms with Crippen LogP contribution in [-0.4, -0.2) is 66.1 Å². The normalized spacial score (nSPS) is 23.1. The molecule has 0 saturated carbocycles. The number of hydrogen-bond acceptors (Lipinski definition) is 8. The van der Waals surface area contributed by atoms with Crippen molar-refractivity contribution in [2.24, 2.45) is 0 Å². The predicted molar refractivity (Wildman–Crippen MR) is 117 cm³/mol. The summed E-state index contributed by atoms with van der Waals surface area (Å²) < 4.78 is 11.6. The second-order valence-corrected chi connectivity index (χ2v) is 9.60. The molecule has 2 aromatic heterocycles. The Kier molecular flexibility index (Phi) is 6.42. The Balaban J connectivity index is 1.53. The molecule has 1 atom stereocenters. The second-order valence-electron chi connectivity index (χ2n) is 7.75. The average Bonchev–Trinajstić information content (AvgIpc) is 3.09. The van der Waals surface area contributed by atoms with E-state index < -0.39 is 0 Å². The molecule has 1 N–H and O–H groups in total. The highest BCUT2D eigenvalue weighted by atomic mass is 32.2. The zero-order valence-electron chi connectivity index (χ0n) is 17.0. The van der Waals surface area contributed by atoms with Gasteiger partial charge < -0.3 is 14.8 Å². The van der Waals surface area contributed by atoms with Crippen LogP contribution >= 0.6 is 23.1 Å². The van der Waals surface area contributed by atoms with E-state index in [0.717, 1.165) is 74.5 Å². The molecule has 2 aliphatic rings. The summed E-state index contributed by atoms with van der Waals surface area (Å²) in [4.78, 5) is 14.5. The molecule has 4 heterocycles. The van der Waals surface area contributed by atoms with E-state index in [1.165, 1.54) is 15.8 Å². The first-order valence-electron chi connectivity index (χ1n) is 10.2. The van der Waals surface area contributed by atoms with Crippen molar-refractivity contribution in [1.82, 2.24) is 14.9 Å². The van der Waals surface area contributed by atoms with E-state index in [1.54, 1.807) is 23.1 Å². The first-order chi connectivity index (χ1) is 13.6. The molecule has 0 spiro atoms. The maximum atomic E-state index is 6.15. The highest BCUT2D eigenvalue weighted by Gasteiger charge is 2.33. The third-order valence-electron chi connectivity index (χ3n) is 5.79. The molecule has 0 radical (unpaired) electrons. The lowest BCUT2D eigenvalue weighted by Gasteiger charge is -2.33. The first kappa shape index (κ1) is 20.3. The van der Waals surface area contributed by atoms with Crippen LogP contribution in [0.25, 0.3) is 10.2 Å². The van der Waals surface area contributed by atoms with Gasteiger partial charge in [0, 0.05) is 30.9 Å². The lowest BCUT2D eigenvalue weighted by molar-refractivity contribution is -0.0542. The lowest BCUT2D eigenvalue weighted by atomic mass is 9.90. The van der Waals surface area contributed by atoms with E-state index in [-0.39, 0.29) is 5.60 Å². The van der Waals surface area contributed by atoms with E-state index in [1.807, 2.05) is 6.26 Å². The summed E-state index contributed by atoms with van der Waals surface area (Å²) in [5, 5.41) is 5.68. The zero-order chi connectivity index (χ0) is 19.6. The van der Waals surface area contributed by atoms with Crippen LogP contribution < -0.4 is 5.32 Å². The van der Waals surface area contributed by atoms with Crippen LogP contribution in [0, 0.1) is 0 Å². The molecule has 4 rings (SSSR count). The Bertz CT molecular complexity index is 822. The van der Waals surface area contributed by atoms with Crippen molar-refractivity contribution in [2.45, 2.75) is 50.5 Å². The summed E-state index contributed by atoms with van der Waals surface area (Å²) in [6.07, 6.45) is 5.08. The summed E-state index contributed by atoms with van der Waals surface area (Å²) in [6, 6.07) is 0. The first-order valence-corrected chi connectivity index (χ1v) is 12.2. The number of fused-ring (bicyclic) bond motifs is 3. The largest absolute Gasteiger partial charge is 0.379 e. The molecule has 0 aromatic carbocycles. The van der Waals surface area contributed by atoms with Crippen molar-refractivity contribution in [3.8, 4) is 0 Å². The molecule has 1 fully saturated rings. The van der Waals surface area contributed by atoms with Gasteiger partial charge in [-0.3, -0.25) is 4.90 Å². The molecule has 2 aromatic rings. The van der Waals surface area contributed by atoms with Gasteiger partial charge in [0.05, 0.1) is 30.8 Å². The summed E-state index contributed by atoms with van der Waals surface area (Å²) in [5.41, 5.74) is 1.30. The zero-order valence-corrected chi connectivity index (χ0v) is 18.7. The van der Waals surface area contributed by atoms with Gasteiger partial charge in [0.1, 0.15) is 10.6 Å². The molecular formula is C20H30N4O2S2. The van der Waals surface area contributed by atoms with Gasteiger partial charge in [-0.25, -0.2) is 9.97 Å². The Morgan fingerprint density at radius 2 is 2.11 bits per heavy atom. The molecule has 8 heteroatoms. The lowest BCUT2D eigenvalue weighted by Crippen LogP contribution is -2.37. The molecule has 0 aliphatic carbocycles. The minimum absolute atomic E-state index is 0.0905. The second kappa shape index (κ2) is 8.83. The molecule has 1 saturated heterocycles. The minimum Gasteiger partial charge on any atom is -0.379 e. The van der Waals surface area contributed by atoms with Gasteiger partial charge in [0.25, 0.3) is 0 Å². The number of thioether (sulfide) groups is 1. The quantitative estimate of drug-likeness (QED) is 0.414. The van der Waals surface area contributed by atoms with Crippen molar-refractivity contribution < 1.29 is 9.47 Å². The third kappa shape index (κ3) is 4.31. The standard InChI is InChI=1S/C20H30N4O2S2/c1-4-20(2)12-14-15(13-26-20)28-18-16(14)17(22-19(23-18)27-3)21-6-5-7-24-8-10-25-11-9-24/h4-13H2,1-3H3,(H,21,22,23). The molecule has 0 amide bonds. The van der Waals surface area contributed by atoms with Gasteiger partial charge in [-0.2, -0.15) is 0 Å². The summed E-state index contributed by atoms with van der Waals surface area (Å²) in [7, 11) is 0. The SMILES string of the molecule is CCC1(C)Cc2c(sc3nc(SC)nc(NCCCN4CCOCC4)c23)CO1. The fourth-order valence-electron chi connectivity index (χ4n) is 3.83. The van der Waals surface area contributed by atoms with Crippen molar-refractivity contribution in [3.05, 3.63) is 10.4 Å². The van der Waals surface area contributed by atoms with E-state index >= 15 is 0 Å².